The Morgan fingerprint density at radius 1 is 0.824 bits per heavy atom. The summed E-state index contributed by atoms with van der Waals surface area (Å²) >= 11 is 0. The second-order valence-corrected chi connectivity index (χ2v) is 9.36. The molecule has 102 valence electrons. The lowest BCUT2D eigenvalue weighted by Crippen LogP contribution is -2.53. The maximum atomic E-state index is 2.68. The molecule has 1 aliphatic rings. The van der Waals surface area contributed by atoms with Crippen LogP contribution in [-0.2, 0) is 0 Å². The van der Waals surface area contributed by atoms with E-state index in [4.69, 9.17) is 0 Å². The molecular formula is C13H30N3P. The third-order valence-electron chi connectivity index (χ3n) is 3.08. The van der Waals surface area contributed by atoms with Crippen molar-refractivity contribution in [3.63, 3.8) is 0 Å². The SMILES string of the molecule is CN(C)P1N(C(C)(C)C)CCCN1C(C)(C)C. The molecule has 0 spiro atoms. The van der Waals surface area contributed by atoms with E-state index in [9.17, 15) is 0 Å². The van der Waals surface area contributed by atoms with Crippen molar-refractivity contribution >= 4 is 8.37 Å². The molecule has 1 saturated heterocycles. The molecule has 0 aromatic carbocycles. The molecule has 0 saturated carbocycles. The average Bonchev–Trinajstić information content (AvgIpc) is 2.13. The van der Waals surface area contributed by atoms with E-state index in [1.54, 1.807) is 0 Å². The highest BCUT2D eigenvalue weighted by atomic mass is 31.2. The van der Waals surface area contributed by atoms with E-state index in [1.807, 2.05) is 0 Å². The second kappa shape index (κ2) is 5.13. The van der Waals surface area contributed by atoms with Crippen LogP contribution >= 0.6 is 8.37 Å². The molecule has 0 bridgehead atoms. The first-order valence-corrected chi connectivity index (χ1v) is 7.77. The van der Waals surface area contributed by atoms with Gasteiger partial charge in [0.05, 0.1) is 0 Å². The van der Waals surface area contributed by atoms with E-state index < -0.39 is 0 Å². The molecule has 1 rings (SSSR count). The summed E-state index contributed by atoms with van der Waals surface area (Å²) in [6.07, 6.45) is 1.28. The molecule has 4 heteroatoms. The smallest absolute Gasteiger partial charge is 0.120 e. The van der Waals surface area contributed by atoms with Gasteiger partial charge in [0.1, 0.15) is 8.37 Å². The zero-order chi connectivity index (χ0) is 13.4. The molecule has 1 heterocycles. The summed E-state index contributed by atoms with van der Waals surface area (Å²) in [5.41, 5.74) is 0.500. The maximum Gasteiger partial charge on any atom is 0.120 e. The molecule has 0 atom stereocenters. The fourth-order valence-corrected chi connectivity index (χ4v) is 5.16. The van der Waals surface area contributed by atoms with E-state index in [-0.39, 0.29) is 19.5 Å². The predicted molar refractivity (Wildman–Crippen MR) is 78.1 cm³/mol. The summed E-state index contributed by atoms with van der Waals surface area (Å²) < 4.78 is 7.76. The van der Waals surface area contributed by atoms with Gasteiger partial charge in [-0.05, 0) is 62.1 Å². The molecule has 0 unspecified atom stereocenters. The van der Waals surface area contributed by atoms with Crippen molar-refractivity contribution in [3.05, 3.63) is 0 Å². The van der Waals surface area contributed by atoms with Crippen molar-refractivity contribution in [2.75, 3.05) is 27.2 Å². The zero-order valence-corrected chi connectivity index (χ0v) is 13.8. The highest BCUT2D eigenvalue weighted by molar-refractivity contribution is 7.50. The van der Waals surface area contributed by atoms with Crippen molar-refractivity contribution in [2.24, 2.45) is 0 Å². The van der Waals surface area contributed by atoms with E-state index in [1.165, 1.54) is 19.5 Å². The van der Waals surface area contributed by atoms with Gasteiger partial charge in [-0.1, -0.05) is 0 Å². The number of nitrogens with zero attached hydrogens (tertiary/aromatic N) is 3. The van der Waals surface area contributed by atoms with Crippen molar-refractivity contribution < 1.29 is 0 Å². The minimum absolute atomic E-state index is 0.250. The molecule has 3 nitrogen and oxygen atoms in total. The summed E-state index contributed by atoms with van der Waals surface area (Å²) in [6, 6.07) is 0. The van der Waals surface area contributed by atoms with Crippen molar-refractivity contribution in [2.45, 2.75) is 59.0 Å². The normalized spacial score (nSPS) is 22.4. The van der Waals surface area contributed by atoms with Gasteiger partial charge in [0, 0.05) is 24.2 Å². The molecule has 0 N–H and O–H groups in total. The van der Waals surface area contributed by atoms with Crippen LogP contribution in [0.2, 0.25) is 0 Å². The lowest BCUT2D eigenvalue weighted by molar-refractivity contribution is 0.152. The predicted octanol–water partition coefficient (Wildman–Crippen LogP) is 3.38. The van der Waals surface area contributed by atoms with Crippen LogP contribution in [0.25, 0.3) is 0 Å². The Labute approximate surface area is 109 Å². The Morgan fingerprint density at radius 2 is 1.18 bits per heavy atom. The van der Waals surface area contributed by atoms with E-state index >= 15 is 0 Å². The summed E-state index contributed by atoms with van der Waals surface area (Å²) in [5.74, 6) is 0. The Morgan fingerprint density at radius 3 is 1.41 bits per heavy atom. The molecule has 17 heavy (non-hydrogen) atoms. The van der Waals surface area contributed by atoms with Gasteiger partial charge in [0.2, 0.25) is 0 Å². The Kier molecular flexibility index (Phi) is 4.63. The Balaban J connectivity index is 3.01. The summed E-state index contributed by atoms with van der Waals surface area (Å²) in [5, 5.41) is 0. The maximum absolute atomic E-state index is 2.68. The highest BCUT2D eigenvalue weighted by Crippen LogP contribution is 2.55. The van der Waals surface area contributed by atoms with Crippen LogP contribution in [0.4, 0.5) is 0 Å². The molecule has 1 aliphatic heterocycles. The van der Waals surface area contributed by atoms with Gasteiger partial charge in [-0.25, -0.2) is 0 Å². The van der Waals surface area contributed by atoms with Gasteiger partial charge in [0.25, 0.3) is 0 Å². The molecule has 1 fully saturated rings. The zero-order valence-electron chi connectivity index (χ0n) is 12.9. The van der Waals surface area contributed by atoms with Gasteiger partial charge in [-0.2, -0.15) is 0 Å². The highest BCUT2D eigenvalue weighted by Gasteiger charge is 2.41. The van der Waals surface area contributed by atoms with Gasteiger partial charge in [-0.15, -0.1) is 0 Å². The van der Waals surface area contributed by atoms with Crippen LogP contribution in [0.5, 0.6) is 0 Å². The summed E-state index contributed by atoms with van der Waals surface area (Å²) in [7, 11) is 4.10. The fraction of sp³-hybridized carbons (Fsp3) is 1.00. The van der Waals surface area contributed by atoms with Crippen molar-refractivity contribution in [1.29, 1.82) is 0 Å². The van der Waals surface area contributed by atoms with Gasteiger partial charge in [-0.3, -0.25) is 14.0 Å². The van der Waals surface area contributed by atoms with Crippen molar-refractivity contribution in [3.8, 4) is 0 Å². The summed E-state index contributed by atoms with van der Waals surface area (Å²) in [6.45, 7) is 16.4. The Hall–Kier alpha value is 0.310. The lowest BCUT2D eigenvalue weighted by atomic mass is 10.1. The molecular weight excluding hydrogens is 229 g/mol. The number of hydrogen-bond donors (Lipinski definition) is 0. The van der Waals surface area contributed by atoms with Crippen LogP contribution in [-0.4, -0.2) is 52.3 Å². The van der Waals surface area contributed by atoms with Crippen LogP contribution in [0, 0.1) is 0 Å². The first-order valence-electron chi connectivity index (χ1n) is 6.57. The largest absolute Gasteiger partial charge is 0.263 e. The molecule has 0 aromatic heterocycles. The van der Waals surface area contributed by atoms with Crippen LogP contribution < -0.4 is 0 Å². The number of rotatable bonds is 1. The molecule has 0 aromatic rings. The van der Waals surface area contributed by atoms with E-state index in [0.29, 0.717) is 0 Å². The summed E-state index contributed by atoms with van der Waals surface area (Å²) in [4.78, 5) is 0. The van der Waals surface area contributed by atoms with Crippen LogP contribution in [0.1, 0.15) is 48.0 Å². The van der Waals surface area contributed by atoms with E-state index in [0.717, 1.165) is 0 Å². The monoisotopic (exact) mass is 259 g/mol. The fourth-order valence-electron chi connectivity index (χ4n) is 2.32. The lowest BCUT2D eigenvalue weighted by Gasteiger charge is -2.55. The van der Waals surface area contributed by atoms with Gasteiger partial charge < -0.3 is 0 Å². The average molecular weight is 259 g/mol. The quantitative estimate of drug-likeness (QED) is 0.668. The third kappa shape index (κ3) is 3.64. The van der Waals surface area contributed by atoms with Crippen molar-refractivity contribution in [1.82, 2.24) is 14.0 Å². The van der Waals surface area contributed by atoms with Crippen LogP contribution in [0.3, 0.4) is 0 Å². The first-order chi connectivity index (χ1) is 7.55. The molecule has 0 aliphatic carbocycles. The topological polar surface area (TPSA) is 9.72 Å². The Bertz CT molecular complexity index is 230. The molecule has 0 radical (unpaired) electrons. The minimum Gasteiger partial charge on any atom is -0.263 e. The number of hydrogen-bond acceptors (Lipinski definition) is 3. The third-order valence-corrected chi connectivity index (χ3v) is 6.26. The minimum atomic E-state index is -0.334. The first kappa shape index (κ1) is 15.4. The van der Waals surface area contributed by atoms with E-state index in [2.05, 4.69) is 69.6 Å². The molecule has 0 amide bonds. The second-order valence-electron chi connectivity index (χ2n) is 7.06. The van der Waals surface area contributed by atoms with Gasteiger partial charge in [0.15, 0.2) is 0 Å². The van der Waals surface area contributed by atoms with Crippen LogP contribution in [0.15, 0.2) is 0 Å². The van der Waals surface area contributed by atoms with Gasteiger partial charge >= 0.3 is 0 Å². The standard InChI is InChI=1S/C13H30N3P/c1-12(2,3)15-10-9-11-16(13(4,5)6)17(15)14(7)8/h9-11H2,1-8H3.